The average molecular weight is 326 g/mol. The third-order valence-corrected chi connectivity index (χ3v) is 4.29. The zero-order chi connectivity index (χ0) is 14.3. The average Bonchev–Trinajstić information content (AvgIpc) is 2.84. The molecule has 3 rings (SSSR count). The predicted octanol–water partition coefficient (Wildman–Crippen LogP) is 4.57. The van der Waals surface area contributed by atoms with Gasteiger partial charge in [-0.1, -0.05) is 23.2 Å². The van der Waals surface area contributed by atoms with Crippen molar-refractivity contribution in [3.8, 4) is 10.7 Å². The minimum Gasteiger partial charge on any atom is -0.258 e. The smallest absolute Gasteiger partial charge is 0.258 e. The Morgan fingerprint density at radius 2 is 2.00 bits per heavy atom. The molecule has 0 saturated heterocycles. The lowest BCUT2D eigenvalue weighted by atomic mass is 10.2. The van der Waals surface area contributed by atoms with Crippen LogP contribution in [0, 0.1) is 10.1 Å². The zero-order valence-electron chi connectivity index (χ0n) is 9.71. The molecule has 0 aliphatic rings. The number of aromatic nitrogens is 2. The highest BCUT2D eigenvalue weighted by atomic mass is 35.5. The number of hydrogen-bond donors (Lipinski definition) is 0. The van der Waals surface area contributed by atoms with Crippen LogP contribution in [0.2, 0.25) is 10.2 Å². The topological polar surface area (TPSA) is 68.9 Å². The number of fused-ring (bicyclic) bond motifs is 1. The summed E-state index contributed by atoms with van der Waals surface area (Å²) in [6, 6.07) is 6.04. The molecule has 100 valence electrons. The number of benzene rings is 1. The van der Waals surface area contributed by atoms with Gasteiger partial charge in [0.25, 0.3) is 5.69 Å². The van der Waals surface area contributed by atoms with Gasteiger partial charge in [-0.3, -0.25) is 10.1 Å². The lowest BCUT2D eigenvalue weighted by Gasteiger charge is -2.03. The number of nitrogens with zero attached hydrogens (tertiary/aromatic N) is 3. The normalized spacial score (nSPS) is 10.9. The first kappa shape index (κ1) is 13.2. The molecule has 0 bridgehead atoms. The third kappa shape index (κ3) is 2.22. The summed E-state index contributed by atoms with van der Waals surface area (Å²) in [6.07, 6.45) is 0. The van der Waals surface area contributed by atoms with Crippen LogP contribution in [0.5, 0.6) is 0 Å². The second-order valence-electron chi connectivity index (χ2n) is 3.89. The molecule has 1 aromatic carbocycles. The van der Waals surface area contributed by atoms with E-state index >= 15 is 0 Å². The van der Waals surface area contributed by atoms with Crippen LogP contribution in [0.3, 0.4) is 0 Å². The molecule has 20 heavy (non-hydrogen) atoms. The van der Waals surface area contributed by atoms with Gasteiger partial charge in [-0.25, -0.2) is 9.97 Å². The van der Waals surface area contributed by atoms with Crippen LogP contribution in [0.4, 0.5) is 5.69 Å². The van der Waals surface area contributed by atoms with Crippen LogP contribution < -0.4 is 0 Å². The zero-order valence-corrected chi connectivity index (χ0v) is 12.0. The summed E-state index contributed by atoms with van der Waals surface area (Å²) in [6.45, 7) is 0. The van der Waals surface area contributed by atoms with Crippen molar-refractivity contribution < 1.29 is 4.92 Å². The summed E-state index contributed by atoms with van der Waals surface area (Å²) in [5, 5.41) is 13.7. The van der Waals surface area contributed by atoms with E-state index in [-0.39, 0.29) is 10.8 Å². The molecule has 0 N–H and O–H groups in total. The molecule has 0 aliphatic carbocycles. The van der Waals surface area contributed by atoms with Crippen molar-refractivity contribution >= 4 is 51.1 Å². The number of nitro benzene ring substituents is 1. The van der Waals surface area contributed by atoms with Crippen molar-refractivity contribution in [2.24, 2.45) is 0 Å². The maximum absolute atomic E-state index is 10.8. The van der Waals surface area contributed by atoms with Crippen LogP contribution in [-0.4, -0.2) is 14.9 Å². The Kier molecular flexibility index (Phi) is 3.29. The van der Waals surface area contributed by atoms with E-state index in [0.29, 0.717) is 26.6 Å². The van der Waals surface area contributed by atoms with Gasteiger partial charge in [0.15, 0.2) is 5.82 Å². The lowest BCUT2D eigenvalue weighted by molar-refractivity contribution is -0.384. The fourth-order valence-electron chi connectivity index (χ4n) is 1.75. The minimum absolute atomic E-state index is 0.0510. The number of nitro groups is 1. The molecule has 0 unspecified atom stereocenters. The fraction of sp³-hybridized carbons (Fsp3) is 0. The maximum atomic E-state index is 10.8. The van der Waals surface area contributed by atoms with Gasteiger partial charge in [-0.2, -0.15) is 0 Å². The highest BCUT2D eigenvalue weighted by Crippen LogP contribution is 2.34. The largest absolute Gasteiger partial charge is 0.270 e. The van der Waals surface area contributed by atoms with E-state index in [1.807, 2.05) is 5.38 Å². The first-order valence-corrected chi connectivity index (χ1v) is 7.05. The molecule has 3 aromatic rings. The lowest BCUT2D eigenvalue weighted by Crippen LogP contribution is -1.93. The van der Waals surface area contributed by atoms with E-state index in [2.05, 4.69) is 9.97 Å². The molecule has 5 nitrogen and oxygen atoms in total. The number of non-ortho nitro benzene ring substituents is 1. The quantitative estimate of drug-likeness (QED) is 0.393. The predicted molar refractivity (Wildman–Crippen MR) is 79.5 cm³/mol. The molecule has 8 heteroatoms. The van der Waals surface area contributed by atoms with Crippen LogP contribution >= 0.6 is 34.5 Å². The summed E-state index contributed by atoms with van der Waals surface area (Å²) >= 11 is 13.5. The summed E-state index contributed by atoms with van der Waals surface area (Å²) in [5.41, 5.74) is 0.486. The molecule has 2 aromatic heterocycles. The number of thiophene rings is 1. The van der Waals surface area contributed by atoms with Crippen molar-refractivity contribution in [3.63, 3.8) is 0 Å². The molecule has 0 aliphatic heterocycles. The van der Waals surface area contributed by atoms with Gasteiger partial charge in [0, 0.05) is 17.5 Å². The summed E-state index contributed by atoms with van der Waals surface area (Å²) in [5.74, 6) is 0.413. The first-order valence-electron chi connectivity index (χ1n) is 5.41. The molecule has 2 heterocycles. The Balaban J connectivity index is 2.23. The fourth-order valence-corrected chi connectivity index (χ4v) is 3.05. The van der Waals surface area contributed by atoms with Crippen LogP contribution in [0.25, 0.3) is 21.6 Å². The van der Waals surface area contributed by atoms with Gasteiger partial charge >= 0.3 is 0 Å². The van der Waals surface area contributed by atoms with E-state index in [1.165, 1.54) is 23.5 Å². The Bertz CT molecular complexity index is 835. The van der Waals surface area contributed by atoms with Crippen LogP contribution in [0.15, 0.2) is 29.6 Å². The van der Waals surface area contributed by atoms with E-state index in [1.54, 1.807) is 12.1 Å². The molecule has 0 fully saturated rings. The number of rotatable bonds is 2. The minimum atomic E-state index is -0.486. The molecular formula is C12H5Cl2N3O2S. The van der Waals surface area contributed by atoms with Crippen molar-refractivity contribution in [2.75, 3.05) is 0 Å². The highest BCUT2D eigenvalue weighted by Gasteiger charge is 2.14. The molecule has 0 radical (unpaired) electrons. The van der Waals surface area contributed by atoms with E-state index in [0.717, 1.165) is 0 Å². The van der Waals surface area contributed by atoms with Gasteiger partial charge in [-0.15, -0.1) is 11.3 Å². The Hall–Kier alpha value is -1.76. The van der Waals surface area contributed by atoms with Crippen LogP contribution in [0.1, 0.15) is 0 Å². The molecular weight excluding hydrogens is 321 g/mol. The highest BCUT2D eigenvalue weighted by molar-refractivity contribution is 7.14. The van der Waals surface area contributed by atoms with Gasteiger partial charge in [-0.05, 0) is 17.5 Å². The summed E-state index contributed by atoms with van der Waals surface area (Å²) < 4.78 is 0. The maximum Gasteiger partial charge on any atom is 0.270 e. The third-order valence-electron chi connectivity index (χ3n) is 2.66. The second kappa shape index (κ2) is 4.97. The van der Waals surface area contributed by atoms with Gasteiger partial charge in [0.2, 0.25) is 0 Å². The van der Waals surface area contributed by atoms with Gasteiger partial charge in [0.05, 0.1) is 20.3 Å². The standard InChI is InChI=1S/C12H5Cl2N3O2S/c13-8-3-4-20-10(8)12-15-9-2-1-6(17(18)19)5-7(9)11(14)16-12/h1-5H. The van der Waals surface area contributed by atoms with Crippen molar-refractivity contribution in [3.05, 3.63) is 49.9 Å². The molecule has 0 amide bonds. The monoisotopic (exact) mass is 325 g/mol. The summed E-state index contributed by atoms with van der Waals surface area (Å²) in [7, 11) is 0. The molecule has 0 atom stereocenters. The van der Waals surface area contributed by atoms with Gasteiger partial charge < -0.3 is 0 Å². The number of halogens is 2. The SMILES string of the molecule is O=[N+]([O-])c1ccc2nc(-c3sccc3Cl)nc(Cl)c2c1. The van der Waals surface area contributed by atoms with Gasteiger partial charge in [0.1, 0.15) is 5.15 Å². The Morgan fingerprint density at radius 3 is 2.65 bits per heavy atom. The first-order chi connectivity index (χ1) is 9.56. The molecule has 0 spiro atoms. The summed E-state index contributed by atoms with van der Waals surface area (Å²) in [4.78, 5) is 19.5. The Morgan fingerprint density at radius 1 is 1.20 bits per heavy atom. The van der Waals surface area contributed by atoms with Crippen molar-refractivity contribution in [1.82, 2.24) is 9.97 Å². The second-order valence-corrected chi connectivity index (χ2v) is 5.58. The van der Waals surface area contributed by atoms with E-state index in [9.17, 15) is 10.1 Å². The van der Waals surface area contributed by atoms with Crippen LogP contribution in [-0.2, 0) is 0 Å². The van der Waals surface area contributed by atoms with E-state index in [4.69, 9.17) is 23.2 Å². The van der Waals surface area contributed by atoms with E-state index < -0.39 is 4.92 Å². The Labute approximate surface area is 127 Å². The molecule has 0 saturated carbocycles. The van der Waals surface area contributed by atoms with Crippen molar-refractivity contribution in [1.29, 1.82) is 0 Å². The van der Waals surface area contributed by atoms with Crippen molar-refractivity contribution in [2.45, 2.75) is 0 Å². The number of hydrogen-bond acceptors (Lipinski definition) is 5.